The van der Waals surface area contributed by atoms with Gasteiger partial charge in [0.15, 0.2) is 0 Å². The molecule has 8 nitrogen and oxygen atoms in total. The lowest BCUT2D eigenvalue weighted by molar-refractivity contribution is -0.127. The highest BCUT2D eigenvalue weighted by molar-refractivity contribution is 7.91. The van der Waals surface area contributed by atoms with Crippen molar-refractivity contribution in [2.45, 2.75) is 71.3 Å². The van der Waals surface area contributed by atoms with Crippen molar-refractivity contribution in [3.05, 3.63) is 82.2 Å². The fraction of sp³-hybridized carbons (Fsp3) is 0.393. The van der Waals surface area contributed by atoms with Gasteiger partial charge >= 0.3 is 6.18 Å². The van der Waals surface area contributed by atoms with Crippen molar-refractivity contribution in [2.24, 2.45) is 0 Å². The van der Waals surface area contributed by atoms with E-state index in [4.69, 9.17) is 0 Å². The van der Waals surface area contributed by atoms with Gasteiger partial charge in [0.2, 0.25) is 15.9 Å². The standard InChI is InChI=1S/C28H33F3N4O4S/c1-6-27(4,5)40(38,39)34-25(36)15-24-18(2)33-35(19(24)3)17-21-9-13-23(14-10-21)32-26(37)22-11-7-20(8-12-22)16-28(29,30)31/h7-14H,6,15-17H2,1-5H3,(H,32,37)(H,34,36). The van der Waals surface area contributed by atoms with Gasteiger partial charge in [0, 0.05) is 22.5 Å². The molecule has 0 bridgehead atoms. The molecule has 40 heavy (non-hydrogen) atoms. The van der Waals surface area contributed by atoms with Crippen LogP contribution >= 0.6 is 0 Å². The van der Waals surface area contributed by atoms with Crippen LogP contribution in [0.3, 0.4) is 0 Å². The molecule has 1 heterocycles. The lowest BCUT2D eigenvalue weighted by Gasteiger charge is -2.23. The quantitative estimate of drug-likeness (QED) is 0.349. The summed E-state index contributed by atoms with van der Waals surface area (Å²) in [6, 6.07) is 12.3. The summed E-state index contributed by atoms with van der Waals surface area (Å²) in [7, 11) is -3.83. The third kappa shape index (κ3) is 7.71. The van der Waals surface area contributed by atoms with E-state index in [2.05, 4.69) is 15.1 Å². The van der Waals surface area contributed by atoms with Crippen molar-refractivity contribution < 1.29 is 31.2 Å². The number of anilines is 1. The minimum absolute atomic E-state index is 0.0758. The number of hydrogen-bond acceptors (Lipinski definition) is 5. The number of amides is 2. The number of carbonyl (C=O) groups excluding carboxylic acids is 2. The van der Waals surface area contributed by atoms with Crippen LogP contribution in [0.4, 0.5) is 18.9 Å². The number of aryl methyl sites for hydroxylation is 1. The van der Waals surface area contributed by atoms with Crippen LogP contribution in [0.25, 0.3) is 0 Å². The van der Waals surface area contributed by atoms with E-state index in [-0.39, 0.29) is 17.5 Å². The largest absolute Gasteiger partial charge is 0.393 e. The number of nitrogens with zero attached hydrogens (tertiary/aromatic N) is 2. The van der Waals surface area contributed by atoms with Crippen molar-refractivity contribution in [1.82, 2.24) is 14.5 Å². The molecule has 3 rings (SSSR count). The summed E-state index contributed by atoms with van der Waals surface area (Å²) in [5.74, 6) is -1.07. The van der Waals surface area contributed by atoms with Crippen molar-refractivity contribution in [3.8, 4) is 0 Å². The predicted octanol–water partition coefficient (Wildman–Crippen LogP) is 5.08. The van der Waals surface area contributed by atoms with E-state index >= 15 is 0 Å². The fourth-order valence-corrected chi connectivity index (χ4v) is 4.92. The van der Waals surface area contributed by atoms with Crippen LogP contribution in [0.5, 0.6) is 0 Å². The molecule has 0 saturated carbocycles. The van der Waals surface area contributed by atoms with Gasteiger partial charge in [0.1, 0.15) is 0 Å². The molecule has 0 aliphatic carbocycles. The second-order valence-corrected chi connectivity index (χ2v) is 12.6. The maximum atomic E-state index is 12.6. The molecule has 0 aliphatic heterocycles. The van der Waals surface area contributed by atoms with Crippen LogP contribution in [0.2, 0.25) is 0 Å². The highest BCUT2D eigenvalue weighted by atomic mass is 32.2. The molecule has 2 N–H and O–H groups in total. The van der Waals surface area contributed by atoms with Crippen LogP contribution in [-0.2, 0) is 34.2 Å². The normalized spacial score (nSPS) is 12.3. The van der Waals surface area contributed by atoms with Gasteiger partial charge in [-0.1, -0.05) is 31.2 Å². The summed E-state index contributed by atoms with van der Waals surface area (Å²) in [5.41, 5.74) is 3.67. The predicted molar refractivity (Wildman–Crippen MR) is 147 cm³/mol. The first-order chi connectivity index (χ1) is 18.5. The number of nitrogens with one attached hydrogen (secondary N) is 2. The van der Waals surface area contributed by atoms with E-state index in [1.165, 1.54) is 24.3 Å². The molecule has 0 aliphatic rings. The van der Waals surface area contributed by atoms with Gasteiger partial charge in [-0.05, 0) is 69.5 Å². The van der Waals surface area contributed by atoms with Crippen molar-refractivity contribution in [1.29, 1.82) is 0 Å². The summed E-state index contributed by atoms with van der Waals surface area (Å²) >= 11 is 0. The van der Waals surface area contributed by atoms with Crippen LogP contribution in [-0.4, -0.2) is 40.9 Å². The number of benzene rings is 2. The zero-order valence-electron chi connectivity index (χ0n) is 23.0. The zero-order valence-corrected chi connectivity index (χ0v) is 23.8. The zero-order chi connectivity index (χ0) is 29.9. The van der Waals surface area contributed by atoms with Crippen molar-refractivity contribution in [2.75, 3.05) is 5.32 Å². The molecule has 12 heteroatoms. The second kappa shape index (κ2) is 11.8. The van der Waals surface area contributed by atoms with Crippen LogP contribution < -0.4 is 10.0 Å². The number of aromatic nitrogens is 2. The van der Waals surface area contributed by atoms with E-state index in [9.17, 15) is 31.2 Å². The van der Waals surface area contributed by atoms with E-state index in [0.29, 0.717) is 29.9 Å². The van der Waals surface area contributed by atoms with Crippen LogP contribution in [0.1, 0.15) is 65.6 Å². The Balaban J connectivity index is 1.63. The minimum atomic E-state index is -4.32. The van der Waals surface area contributed by atoms with E-state index < -0.39 is 39.2 Å². The Hall–Kier alpha value is -3.67. The van der Waals surface area contributed by atoms with E-state index in [1.54, 1.807) is 56.6 Å². The Labute approximate surface area is 232 Å². The molecular formula is C28H33F3N4O4S. The summed E-state index contributed by atoms with van der Waals surface area (Å²) in [5, 5.41) is 7.23. The number of halogens is 3. The molecule has 0 unspecified atom stereocenters. The van der Waals surface area contributed by atoms with Gasteiger partial charge in [-0.25, -0.2) is 8.42 Å². The summed E-state index contributed by atoms with van der Waals surface area (Å²) in [4.78, 5) is 25.1. The number of carbonyl (C=O) groups is 2. The van der Waals surface area contributed by atoms with Gasteiger partial charge in [0.25, 0.3) is 5.91 Å². The Morgan fingerprint density at radius 1 is 0.950 bits per heavy atom. The van der Waals surface area contributed by atoms with Crippen molar-refractivity contribution in [3.63, 3.8) is 0 Å². The number of alkyl halides is 3. The van der Waals surface area contributed by atoms with Gasteiger partial charge < -0.3 is 5.32 Å². The molecule has 0 radical (unpaired) electrons. The Morgan fingerprint density at radius 3 is 2.08 bits per heavy atom. The molecule has 216 valence electrons. The number of hydrogen-bond donors (Lipinski definition) is 2. The third-order valence-electron chi connectivity index (χ3n) is 6.86. The molecule has 0 saturated heterocycles. The molecule has 0 fully saturated rings. The van der Waals surface area contributed by atoms with E-state index in [1.807, 2.05) is 6.92 Å². The van der Waals surface area contributed by atoms with Gasteiger partial charge in [0.05, 0.1) is 29.8 Å². The van der Waals surface area contributed by atoms with Crippen LogP contribution in [0, 0.1) is 13.8 Å². The first-order valence-corrected chi connectivity index (χ1v) is 14.1. The molecule has 0 atom stereocenters. The summed E-state index contributed by atoms with van der Waals surface area (Å²) in [6.07, 6.45) is -5.14. The summed E-state index contributed by atoms with van der Waals surface area (Å²) in [6.45, 7) is 8.81. The molecule has 3 aromatic rings. The summed E-state index contributed by atoms with van der Waals surface area (Å²) < 4.78 is 65.4. The molecular weight excluding hydrogens is 545 g/mol. The second-order valence-electron chi connectivity index (χ2n) is 10.3. The number of sulfonamides is 1. The van der Waals surface area contributed by atoms with Gasteiger partial charge in [-0.15, -0.1) is 0 Å². The highest BCUT2D eigenvalue weighted by Gasteiger charge is 2.34. The monoisotopic (exact) mass is 578 g/mol. The minimum Gasteiger partial charge on any atom is -0.322 e. The maximum Gasteiger partial charge on any atom is 0.393 e. The van der Waals surface area contributed by atoms with Gasteiger partial charge in [-0.2, -0.15) is 18.3 Å². The van der Waals surface area contributed by atoms with E-state index in [0.717, 1.165) is 11.3 Å². The lowest BCUT2D eigenvalue weighted by atomic mass is 10.1. The number of rotatable bonds is 10. The SMILES string of the molecule is CCC(C)(C)S(=O)(=O)NC(=O)Cc1c(C)nn(Cc2ccc(NC(=O)c3ccc(CC(F)(F)F)cc3)cc2)c1C. The topological polar surface area (TPSA) is 110 Å². The molecule has 2 amide bonds. The molecule has 2 aromatic carbocycles. The Kier molecular flexibility index (Phi) is 9.13. The van der Waals surface area contributed by atoms with Crippen molar-refractivity contribution >= 4 is 27.5 Å². The maximum absolute atomic E-state index is 12.6. The molecule has 0 spiro atoms. The Morgan fingerprint density at radius 2 is 1.52 bits per heavy atom. The fourth-order valence-electron chi connectivity index (χ4n) is 3.89. The first kappa shape index (κ1) is 30.9. The average Bonchev–Trinajstić information content (AvgIpc) is 3.11. The smallest absolute Gasteiger partial charge is 0.322 e. The highest BCUT2D eigenvalue weighted by Crippen LogP contribution is 2.23. The third-order valence-corrected chi connectivity index (χ3v) is 9.10. The lowest BCUT2D eigenvalue weighted by Crippen LogP contribution is -2.44. The first-order valence-electron chi connectivity index (χ1n) is 12.7. The Bertz CT molecular complexity index is 1480. The molecule has 1 aromatic heterocycles. The van der Waals surface area contributed by atoms with Gasteiger partial charge in [-0.3, -0.25) is 19.0 Å². The average molecular weight is 579 g/mol. The van der Waals surface area contributed by atoms with Crippen LogP contribution in [0.15, 0.2) is 48.5 Å².